The molecule has 112 valence electrons. The Labute approximate surface area is 125 Å². The number of nitrogens with zero attached hydrogens (tertiary/aromatic N) is 1. The van der Waals surface area contributed by atoms with Gasteiger partial charge in [0.25, 0.3) is 0 Å². The van der Waals surface area contributed by atoms with Crippen LogP contribution >= 0.6 is 11.6 Å². The van der Waals surface area contributed by atoms with Gasteiger partial charge in [-0.2, -0.15) is 0 Å². The zero-order valence-electron chi connectivity index (χ0n) is 11.2. The summed E-state index contributed by atoms with van der Waals surface area (Å²) in [5, 5.41) is 12.4. The summed E-state index contributed by atoms with van der Waals surface area (Å²) < 4.78 is 14.7. The van der Waals surface area contributed by atoms with E-state index in [0.717, 1.165) is 7.11 Å². The SMILES string of the molecule is COC(=O)/C(=N\O)[C@@H]1c2ccc(Cl)cc2O[C@@H]1C(=O)OC. The molecule has 21 heavy (non-hydrogen) atoms. The molecule has 1 aliphatic heterocycles. The molecule has 0 amide bonds. The van der Waals surface area contributed by atoms with E-state index in [-0.39, 0.29) is 5.71 Å². The van der Waals surface area contributed by atoms with Crippen LogP contribution < -0.4 is 4.74 Å². The molecule has 0 fully saturated rings. The molecule has 0 saturated carbocycles. The maximum Gasteiger partial charge on any atom is 0.356 e. The third kappa shape index (κ3) is 2.64. The van der Waals surface area contributed by atoms with Crippen molar-refractivity contribution in [3.05, 3.63) is 28.8 Å². The highest BCUT2D eigenvalue weighted by Gasteiger charge is 2.46. The number of esters is 2. The van der Waals surface area contributed by atoms with Gasteiger partial charge in [-0.1, -0.05) is 22.8 Å². The van der Waals surface area contributed by atoms with Gasteiger partial charge in [-0.15, -0.1) is 0 Å². The highest BCUT2D eigenvalue weighted by Crippen LogP contribution is 2.41. The average Bonchev–Trinajstić information content (AvgIpc) is 2.85. The van der Waals surface area contributed by atoms with E-state index < -0.39 is 24.0 Å². The van der Waals surface area contributed by atoms with Crippen molar-refractivity contribution in [2.45, 2.75) is 12.0 Å². The summed E-state index contributed by atoms with van der Waals surface area (Å²) in [6.07, 6.45) is -1.16. The average molecular weight is 314 g/mol. The van der Waals surface area contributed by atoms with Gasteiger partial charge in [-0.05, 0) is 12.1 Å². The van der Waals surface area contributed by atoms with E-state index in [1.807, 2.05) is 0 Å². The third-order valence-corrected chi connectivity index (χ3v) is 3.33. The first-order chi connectivity index (χ1) is 10.0. The van der Waals surface area contributed by atoms with Gasteiger partial charge >= 0.3 is 11.9 Å². The number of carbonyl (C=O) groups is 2. The number of benzene rings is 1. The predicted octanol–water partition coefficient (Wildman–Crippen LogP) is 1.36. The van der Waals surface area contributed by atoms with E-state index in [1.54, 1.807) is 12.1 Å². The second-order valence-electron chi connectivity index (χ2n) is 4.20. The zero-order chi connectivity index (χ0) is 15.6. The van der Waals surface area contributed by atoms with Gasteiger partial charge < -0.3 is 19.4 Å². The highest BCUT2D eigenvalue weighted by atomic mass is 35.5. The number of rotatable bonds is 3. The fourth-order valence-corrected chi connectivity index (χ4v) is 2.32. The Morgan fingerprint density at radius 2 is 2.05 bits per heavy atom. The Balaban J connectivity index is 2.52. The Hall–Kier alpha value is -2.28. The topological polar surface area (TPSA) is 94.4 Å². The van der Waals surface area contributed by atoms with Crippen LogP contribution in [0.15, 0.2) is 23.4 Å². The Bertz CT molecular complexity index is 615. The summed E-state index contributed by atoms with van der Waals surface area (Å²) in [6.45, 7) is 0. The molecule has 0 unspecified atom stereocenters. The first-order valence-electron chi connectivity index (χ1n) is 5.87. The molecule has 0 spiro atoms. The quantitative estimate of drug-likeness (QED) is 0.392. The summed E-state index contributed by atoms with van der Waals surface area (Å²) in [5.41, 5.74) is 0.127. The molecule has 1 aromatic carbocycles. The van der Waals surface area contributed by atoms with Crippen molar-refractivity contribution in [3.63, 3.8) is 0 Å². The minimum Gasteiger partial charge on any atom is -0.477 e. The minimum atomic E-state index is -1.16. The molecule has 0 bridgehead atoms. The monoisotopic (exact) mass is 313 g/mol. The van der Waals surface area contributed by atoms with Gasteiger partial charge in [0, 0.05) is 10.6 Å². The molecule has 1 aromatic rings. The summed E-state index contributed by atoms with van der Waals surface area (Å²) in [5.74, 6) is -2.21. The molecule has 7 nitrogen and oxygen atoms in total. The highest BCUT2D eigenvalue weighted by molar-refractivity contribution is 6.39. The van der Waals surface area contributed by atoms with Crippen LogP contribution in [-0.4, -0.2) is 43.2 Å². The van der Waals surface area contributed by atoms with Crippen molar-refractivity contribution >= 4 is 29.3 Å². The molecule has 1 aliphatic rings. The summed E-state index contributed by atoms with van der Waals surface area (Å²) in [4.78, 5) is 23.6. The van der Waals surface area contributed by atoms with Crippen molar-refractivity contribution in [1.29, 1.82) is 0 Å². The van der Waals surface area contributed by atoms with Gasteiger partial charge in [0.05, 0.1) is 20.1 Å². The molecule has 0 aliphatic carbocycles. The van der Waals surface area contributed by atoms with Crippen molar-refractivity contribution in [2.75, 3.05) is 14.2 Å². The summed E-state index contributed by atoms with van der Waals surface area (Å²) in [6, 6.07) is 4.65. The fourth-order valence-electron chi connectivity index (χ4n) is 2.16. The van der Waals surface area contributed by atoms with Crippen molar-refractivity contribution < 1.29 is 29.0 Å². The van der Waals surface area contributed by atoms with Crippen LogP contribution in [0.25, 0.3) is 0 Å². The van der Waals surface area contributed by atoms with Crippen LogP contribution in [-0.2, 0) is 19.1 Å². The second-order valence-corrected chi connectivity index (χ2v) is 4.63. The van der Waals surface area contributed by atoms with Gasteiger partial charge in [0.1, 0.15) is 5.75 Å². The number of hydrogen-bond acceptors (Lipinski definition) is 7. The minimum absolute atomic E-state index is 0.313. The van der Waals surface area contributed by atoms with E-state index in [2.05, 4.69) is 14.6 Å². The molecule has 2 rings (SSSR count). The Kier molecular flexibility index (Phi) is 4.32. The number of carbonyl (C=O) groups excluding carboxylic acids is 2. The van der Waals surface area contributed by atoms with Gasteiger partial charge in [0.2, 0.25) is 6.10 Å². The predicted molar refractivity (Wildman–Crippen MR) is 71.9 cm³/mol. The van der Waals surface area contributed by atoms with E-state index in [1.165, 1.54) is 13.2 Å². The molecule has 0 saturated heterocycles. The van der Waals surface area contributed by atoms with Crippen LogP contribution in [0.1, 0.15) is 11.5 Å². The fraction of sp³-hybridized carbons (Fsp3) is 0.308. The number of methoxy groups -OCH3 is 2. The van der Waals surface area contributed by atoms with Crippen LogP contribution in [0, 0.1) is 0 Å². The second kappa shape index (κ2) is 6.01. The lowest BCUT2D eigenvalue weighted by Crippen LogP contribution is -2.37. The molecule has 0 radical (unpaired) electrons. The van der Waals surface area contributed by atoms with Gasteiger partial charge in [-0.25, -0.2) is 9.59 Å². The van der Waals surface area contributed by atoms with E-state index in [9.17, 15) is 9.59 Å². The van der Waals surface area contributed by atoms with E-state index in [4.69, 9.17) is 21.5 Å². The standard InChI is InChI=1S/C13H12ClNO6/c1-19-12(16)10(15-18)9-7-4-3-6(14)5-8(7)21-11(9)13(17)20-2/h3-5,9,11,18H,1-2H3/b15-10-/t9-,11-/m0/s1. The zero-order valence-corrected chi connectivity index (χ0v) is 12.0. The van der Waals surface area contributed by atoms with Crippen LogP contribution in [0.5, 0.6) is 5.75 Å². The molecule has 1 heterocycles. The lowest BCUT2D eigenvalue weighted by Gasteiger charge is -2.16. The number of fused-ring (bicyclic) bond motifs is 1. The first-order valence-corrected chi connectivity index (χ1v) is 6.25. The van der Waals surface area contributed by atoms with Crippen molar-refractivity contribution in [2.24, 2.45) is 5.16 Å². The van der Waals surface area contributed by atoms with Gasteiger partial charge in [-0.3, -0.25) is 0 Å². The largest absolute Gasteiger partial charge is 0.477 e. The smallest absolute Gasteiger partial charge is 0.356 e. The van der Waals surface area contributed by atoms with Crippen molar-refractivity contribution in [3.8, 4) is 5.75 Å². The number of halogens is 1. The van der Waals surface area contributed by atoms with Crippen LogP contribution in [0.4, 0.5) is 0 Å². The number of oxime groups is 1. The molecular formula is C13H12ClNO6. The lowest BCUT2D eigenvalue weighted by molar-refractivity contribution is -0.148. The van der Waals surface area contributed by atoms with Crippen LogP contribution in [0.3, 0.4) is 0 Å². The maximum atomic E-state index is 11.8. The van der Waals surface area contributed by atoms with E-state index >= 15 is 0 Å². The molecule has 0 aromatic heterocycles. The maximum absolute atomic E-state index is 11.8. The number of ether oxygens (including phenoxy) is 3. The Morgan fingerprint density at radius 1 is 1.33 bits per heavy atom. The normalized spacial score (nSPS) is 20.4. The molecular weight excluding hydrogens is 302 g/mol. The third-order valence-electron chi connectivity index (χ3n) is 3.10. The summed E-state index contributed by atoms with van der Waals surface area (Å²) >= 11 is 5.87. The molecule has 1 N–H and O–H groups in total. The molecule has 2 atom stereocenters. The van der Waals surface area contributed by atoms with Gasteiger partial charge in [0.15, 0.2) is 5.71 Å². The van der Waals surface area contributed by atoms with Crippen LogP contribution in [0.2, 0.25) is 5.02 Å². The Morgan fingerprint density at radius 3 is 2.62 bits per heavy atom. The lowest BCUT2D eigenvalue weighted by atomic mass is 9.90. The molecule has 8 heteroatoms. The first kappa shape index (κ1) is 15.1. The van der Waals surface area contributed by atoms with Crippen molar-refractivity contribution in [1.82, 2.24) is 0 Å². The number of hydrogen-bond donors (Lipinski definition) is 1. The summed E-state index contributed by atoms with van der Waals surface area (Å²) in [7, 11) is 2.33. The van der Waals surface area contributed by atoms with E-state index in [0.29, 0.717) is 16.3 Å².